The predicted octanol–water partition coefficient (Wildman–Crippen LogP) is 2.09. The van der Waals surface area contributed by atoms with Crippen molar-refractivity contribution in [1.29, 1.82) is 0 Å². The van der Waals surface area contributed by atoms with E-state index in [1.165, 1.54) is 6.92 Å². The largest absolute Gasteiger partial charge is 0.427 e. The smallest absolute Gasteiger partial charge is 0.308 e. The van der Waals surface area contributed by atoms with Crippen LogP contribution in [0.5, 0.6) is 5.75 Å². The molecule has 0 atom stereocenters. The summed E-state index contributed by atoms with van der Waals surface area (Å²) in [4.78, 5) is 13.6. The molecule has 1 N–H and O–H groups in total. The lowest BCUT2D eigenvalue weighted by molar-refractivity contribution is -0.131. The van der Waals surface area contributed by atoms with E-state index in [0.717, 1.165) is 10.8 Å². The van der Waals surface area contributed by atoms with Gasteiger partial charge in [-0.15, -0.1) is 0 Å². The molecule has 3 nitrogen and oxygen atoms in total. The van der Waals surface area contributed by atoms with Crippen molar-refractivity contribution in [1.82, 2.24) is 4.98 Å². The fraction of sp³-hybridized carbons (Fsp3) is 0.100. The Bertz CT molecular complexity index is 445. The van der Waals surface area contributed by atoms with Crippen molar-refractivity contribution in [2.45, 2.75) is 6.92 Å². The SMILES string of the molecule is CC(=O)Oc1ccc2c[nH]cc2c1. The molecule has 0 aliphatic rings. The van der Waals surface area contributed by atoms with Crippen LogP contribution in [-0.2, 0) is 4.79 Å². The Hall–Kier alpha value is -1.77. The van der Waals surface area contributed by atoms with Crippen LogP contribution in [0.4, 0.5) is 0 Å². The summed E-state index contributed by atoms with van der Waals surface area (Å²) in [6, 6.07) is 5.51. The van der Waals surface area contributed by atoms with Gasteiger partial charge in [-0.25, -0.2) is 0 Å². The number of carbonyl (C=O) groups excluding carboxylic acids is 1. The summed E-state index contributed by atoms with van der Waals surface area (Å²) >= 11 is 0. The van der Waals surface area contributed by atoms with Gasteiger partial charge in [0.25, 0.3) is 0 Å². The molecule has 66 valence electrons. The van der Waals surface area contributed by atoms with Crippen LogP contribution in [-0.4, -0.2) is 11.0 Å². The summed E-state index contributed by atoms with van der Waals surface area (Å²) in [5.41, 5.74) is 0. The van der Waals surface area contributed by atoms with Gasteiger partial charge in [0, 0.05) is 24.7 Å². The maximum absolute atomic E-state index is 10.7. The summed E-state index contributed by atoms with van der Waals surface area (Å²) in [6.07, 6.45) is 3.76. The number of rotatable bonds is 1. The molecule has 0 bridgehead atoms. The zero-order valence-corrected chi connectivity index (χ0v) is 7.20. The van der Waals surface area contributed by atoms with Crippen LogP contribution < -0.4 is 4.74 Å². The third kappa shape index (κ3) is 1.54. The Morgan fingerprint density at radius 1 is 1.31 bits per heavy atom. The van der Waals surface area contributed by atoms with Gasteiger partial charge in [-0.05, 0) is 23.6 Å². The predicted molar refractivity (Wildman–Crippen MR) is 49.6 cm³/mol. The molecule has 0 aliphatic carbocycles. The lowest BCUT2D eigenvalue weighted by atomic mass is 10.2. The maximum atomic E-state index is 10.7. The van der Waals surface area contributed by atoms with Crippen molar-refractivity contribution in [2.75, 3.05) is 0 Å². The summed E-state index contributed by atoms with van der Waals surface area (Å²) < 4.78 is 4.94. The average molecular weight is 175 g/mol. The van der Waals surface area contributed by atoms with Crippen molar-refractivity contribution in [3.63, 3.8) is 0 Å². The van der Waals surface area contributed by atoms with Crippen molar-refractivity contribution < 1.29 is 9.53 Å². The number of benzene rings is 1. The molecule has 0 saturated heterocycles. The molecule has 0 saturated carbocycles. The van der Waals surface area contributed by atoms with Gasteiger partial charge < -0.3 is 9.72 Å². The molecule has 2 aromatic rings. The van der Waals surface area contributed by atoms with Crippen LogP contribution >= 0.6 is 0 Å². The minimum atomic E-state index is -0.296. The normalized spacial score (nSPS) is 10.2. The van der Waals surface area contributed by atoms with Crippen LogP contribution in [0.15, 0.2) is 30.6 Å². The number of carbonyl (C=O) groups is 1. The molecule has 1 heterocycles. The molecule has 1 aromatic carbocycles. The third-order valence-corrected chi connectivity index (χ3v) is 1.80. The van der Waals surface area contributed by atoms with Crippen molar-refractivity contribution in [3.05, 3.63) is 30.6 Å². The number of fused-ring (bicyclic) bond motifs is 1. The Morgan fingerprint density at radius 2 is 2.08 bits per heavy atom. The lowest BCUT2D eigenvalue weighted by Crippen LogP contribution is -2.00. The first kappa shape index (κ1) is 7.86. The molecule has 0 unspecified atom stereocenters. The third-order valence-electron chi connectivity index (χ3n) is 1.80. The average Bonchev–Trinajstić information content (AvgIpc) is 2.49. The molecule has 0 spiro atoms. The highest BCUT2D eigenvalue weighted by molar-refractivity contribution is 5.84. The van der Waals surface area contributed by atoms with Gasteiger partial charge in [0.05, 0.1) is 0 Å². The molecule has 13 heavy (non-hydrogen) atoms. The van der Waals surface area contributed by atoms with E-state index in [1.807, 2.05) is 24.5 Å². The van der Waals surface area contributed by atoms with Gasteiger partial charge in [0.2, 0.25) is 0 Å². The fourth-order valence-corrected chi connectivity index (χ4v) is 1.26. The quantitative estimate of drug-likeness (QED) is 0.532. The number of ether oxygens (including phenoxy) is 1. The topological polar surface area (TPSA) is 42.1 Å². The van der Waals surface area contributed by atoms with Crippen LogP contribution in [0.2, 0.25) is 0 Å². The molecule has 2 rings (SSSR count). The molecule has 0 aliphatic heterocycles. The van der Waals surface area contributed by atoms with E-state index in [4.69, 9.17) is 4.74 Å². The van der Waals surface area contributed by atoms with E-state index in [9.17, 15) is 4.79 Å². The standard InChI is InChI=1S/C10H9NO2/c1-7(12)13-10-3-2-8-5-11-6-9(8)4-10/h2-6,11H,1H3. The summed E-state index contributed by atoms with van der Waals surface area (Å²) in [5.74, 6) is 0.287. The maximum Gasteiger partial charge on any atom is 0.308 e. The number of H-pyrrole nitrogens is 1. The number of aromatic nitrogens is 1. The second kappa shape index (κ2) is 2.94. The molecule has 0 fully saturated rings. The van der Waals surface area contributed by atoms with Crippen LogP contribution in [0, 0.1) is 0 Å². The number of esters is 1. The molecular weight excluding hydrogens is 166 g/mol. The van der Waals surface area contributed by atoms with Crippen LogP contribution in [0.25, 0.3) is 10.8 Å². The van der Waals surface area contributed by atoms with E-state index in [1.54, 1.807) is 6.07 Å². The fourth-order valence-electron chi connectivity index (χ4n) is 1.26. The highest BCUT2D eigenvalue weighted by Crippen LogP contribution is 2.20. The summed E-state index contributed by atoms with van der Waals surface area (Å²) in [5, 5.41) is 2.15. The van der Waals surface area contributed by atoms with E-state index in [2.05, 4.69) is 4.98 Å². The van der Waals surface area contributed by atoms with Gasteiger partial charge in [-0.3, -0.25) is 4.79 Å². The van der Waals surface area contributed by atoms with Crippen molar-refractivity contribution >= 4 is 16.7 Å². The van der Waals surface area contributed by atoms with E-state index in [-0.39, 0.29) is 5.97 Å². The molecular formula is C10H9NO2. The highest BCUT2D eigenvalue weighted by atomic mass is 16.5. The molecule has 0 amide bonds. The number of hydrogen-bond acceptors (Lipinski definition) is 2. The van der Waals surface area contributed by atoms with E-state index in [0.29, 0.717) is 5.75 Å². The Morgan fingerprint density at radius 3 is 2.85 bits per heavy atom. The first-order chi connectivity index (χ1) is 6.25. The summed E-state index contributed by atoms with van der Waals surface area (Å²) in [6.45, 7) is 1.39. The minimum absolute atomic E-state index is 0.296. The van der Waals surface area contributed by atoms with Crippen molar-refractivity contribution in [2.24, 2.45) is 0 Å². The van der Waals surface area contributed by atoms with Crippen LogP contribution in [0.3, 0.4) is 0 Å². The van der Waals surface area contributed by atoms with Gasteiger partial charge in [-0.2, -0.15) is 0 Å². The lowest BCUT2D eigenvalue weighted by Gasteiger charge is -1.99. The Kier molecular flexibility index (Phi) is 1.77. The zero-order chi connectivity index (χ0) is 9.26. The Balaban J connectivity index is 2.42. The van der Waals surface area contributed by atoms with Gasteiger partial charge in [0.1, 0.15) is 5.75 Å². The first-order valence-electron chi connectivity index (χ1n) is 4.01. The number of nitrogens with one attached hydrogen (secondary N) is 1. The first-order valence-corrected chi connectivity index (χ1v) is 4.01. The van der Waals surface area contributed by atoms with Gasteiger partial charge in [0.15, 0.2) is 0 Å². The minimum Gasteiger partial charge on any atom is -0.427 e. The molecule has 3 heteroatoms. The zero-order valence-electron chi connectivity index (χ0n) is 7.20. The Labute approximate surface area is 75.3 Å². The monoisotopic (exact) mass is 175 g/mol. The van der Waals surface area contributed by atoms with E-state index >= 15 is 0 Å². The van der Waals surface area contributed by atoms with Crippen LogP contribution in [0.1, 0.15) is 6.92 Å². The molecule has 0 radical (unpaired) electrons. The van der Waals surface area contributed by atoms with Gasteiger partial charge >= 0.3 is 5.97 Å². The molecule has 1 aromatic heterocycles. The number of aromatic amines is 1. The highest BCUT2D eigenvalue weighted by Gasteiger charge is 1.99. The second-order valence-corrected chi connectivity index (χ2v) is 2.84. The number of hydrogen-bond donors (Lipinski definition) is 1. The second-order valence-electron chi connectivity index (χ2n) is 2.84. The van der Waals surface area contributed by atoms with E-state index < -0.39 is 0 Å². The summed E-state index contributed by atoms with van der Waals surface area (Å²) in [7, 11) is 0. The van der Waals surface area contributed by atoms with Crippen molar-refractivity contribution in [3.8, 4) is 5.75 Å². The van der Waals surface area contributed by atoms with Gasteiger partial charge in [-0.1, -0.05) is 0 Å².